The SMILES string of the molecule is COc1ccc(CN(Cc2ccc(OC)cc2)c2cc(C)c(C(F)(F)F)c(-c3nc(N4CCOCC4)c4c(c3Cl)OC[C@H]3CN(C(=O)OC(C)(C)C)CCN3C4=O)n2)cc1. The minimum atomic E-state index is -4.87. The summed E-state index contributed by atoms with van der Waals surface area (Å²) >= 11 is 7.15. The van der Waals surface area contributed by atoms with E-state index in [9.17, 15) is 9.59 Å². The van der Waals surface area contributed by atoms with Gasteiger partial charge in [-0.2, -0.15) is 13.2 Å². The van der Waals surface area contributed by atoms with E-state index in [1.165, 1.54) is 17.9 Å². The molecule has 13 nitrogen and oxygen atoms in total. The van der Waals surface area contributed by atoms with Crippen LogP contribution in [0.3, 0.4) is 0 Å². The van der Waals surface area contributed by atoms with Crippen molar-refractivity contribution in [1.82, 2.24) is 19.8 Å². The van der Waals surface area contributed by atoms with Crippen molar-refractivity contribution in [3.05, 3.63) is 87.4 Å². The van der Waals surface area contributed by atoms with Crippen LogP contribution in [-0.4, -0.2) is 110 Å². The molecular formula is C43H48ClF3N6O7. The minimum absolute atomic E-state index is 0.0286. The lowest BCUT2D eigenvalue weighted by molar-refractivity contribution is -0.137. The third kappa shape index (κ3) is 9.14. The van der Waals surface area contributed by atoms with Crippen LogP contribution in [0.2, 0.25) is 5.02 Å². The number of piperazine rings is 1. The van der Waals surface area contributed by atoms with Crippen molar-refractivity contribution in [2.75, 3.05) is 76.6 Å². The Morgan fingerprint density at radius 1 is 0.900 bits per heavy atom. The van der Waals surface area contributed by atoms with Crippen molar-refractivity contribution in [2.24, 2.45) is 0 Å². The van der Waals surface area contributed by atoms with Gasteiger partial charge in [0.05, 0.1) is 39.0 Å². The zero-order valence-electron chi connectivity index (χ0n) is 34.4. The van der Waals surface area contributed by atoms with Crippen molar-refractivity contribution in [3.63, 3.8) is 0 Å². The number of fused-ring (bicyclic) bond motifs is 2. The Bertz CT molecular complexity index is 2160. The van der Waals surface area contributed by atoms with Crippen LogP contribution in [0.15, 0.2) is 54.6 Å². The number of hydrogen-bond donors (Lipinski definition) is 0. The summed E-state index contributed by atoms with van der Waals surface area (Å²) in [6.07, 6.45) is -5.40. The first kappa shape index (κ1) is 42.6. The van der Waals surface area contributed by atoms with Crippen LogP contribution in [0.5, 0.6) is 17.2 Å². The molecule has 0 saturated carbocycles. The van der Waals surface area contributed by atoms with E-state index in [4.69, 9.17) is 45.3 Å². The fourth-order valence-electron chi connectivity index (χ4n) is 7.57. The Kier molecular flexibility index (Phi) is 12.3. The van der Waals surface area contributed by atoms with E-state index in [2.05, 4.69) is 0 Å². The molecule has 320 valence electrons. The number of aryl methyl sites for hydroxylation is 1. The summed E-state index contributed by atoms with van der Waals surface area (Å²) in [5, 5.41) is -0.286. The Morgan fingerprint density at radius 3 is 2.05 bits per heavy atom. The maximum absolute atomic E-state index is 15.3. The molecule has 60 heavy (non-hydrogen) atoms. The number of benzene rings is 2. The number of morpholine rings is 1. The molecule has 17 heteroatoms. The molecule has 1 atom stereocenters. The van der Waals surface area contributed by atoms with Crippen LogP contribution >= 0.6 is 11.6 Å². The standard InChI is InChI=1S/C43H48ClF3N6O7/c1-26-21-32(52(22-27-7-11-30(56-5)12-8-27)23-28-9-13-31(57-6)14-10-28)48-36(34(26)43(45,46)47)37-35(44)38-33(39(49-37)50-17-19-58-20-18-50)40(54)53-16-15-51(24-29(53)25-59-38)41(55)60-42(2,3)4/h7-14,21,29H,15-20,22-25H2,1-6H3/t29-/m1/s1. The molecule has 7 rings (SSSR count). The predicted octanol–water partition coefficient (Wildman–Crippen LogP) is 7.64. The second-order valence-corrected chi connectivity index (χ2v) is 16.2. The van der Waals surface area contributed by atoms with Gasteiger partial charge in [-0.3, -0.25) is 4.79 Å². The van der Waals surface area contributed by atoms with Gasteiger partial charge >= 0.3 is 12.3 Å². The molecular weight excluding hydrogens is 805 g/mol. The molecule has 2 amide bonds. The number of pyridine rings is 2. The molecule has 3 aliphatic heterocycles. The predicted molar refractivity (Wildman–Crippen MR) is 219 cm³/mol. The lowest BCUT2D eigenvalue weighted by Crippen LogP contribution is -2.58. The molecule has 4 aromatic rings. The molecule has 2 fully saturated rings. The number of anilines is 2. The zero-order valence-corrected chi connectivity index (χ0v) is 35.2. The molecule has 0 aliphatic carbocycles. The van der Waals surface area contributed by atoms with Gasteiger partial charge < -0.3 is 43.3 Å². The Labute approximate surface area is 351 Å². The first-order valence-corrected chi connectivity index (χ1v) is 20.0. The fraction of sp³-hybridized carbons (Fsp3) is 0.442. The third-order valence-electron chi connectivity index (χ3n) is 10.5. The van der Waals surface area contributed by atoms with E-state index in [0.29, 0.717) is 37.8 Å². The number of amides is 2. The van der Waals surface area contributed by atoms with Gasteiger partial charge in [-0.25, -0.2) is 14.8 Å². The number of ether oxygens (including phenoxy) is 5. The second kappa shape index (κ2) is 17.2. The number of carbonyl (C=O) groups is 2. The highest BCUT2D eigenvalue weighted by Crippen LogP contribution is 2.47. The lowest BCUT2D eigenvalue weighted by Gasteiger charge is -2.40. The molecule has 0 radical (unpaired) electrons. The normalized spacial score (nSPS) is 17.0. The first-order valence-electron chi connectivity index (χ1n) is 19.6. The number of methoxy groups -OCH3 is 2. The number of alkyl halides is 3. The van der Waals surface area contributed by atoms with Crippen LogP contribution in [0.1, 0.15) is 53.4 Å². The number of rotatable bonds is 9. The summed E-state index contributed by atoms with van der Waals surface area (Å²) in [5.74, 6) is 1.10. The van der Waals surface area contributed by atoms with Crippen LogP contribution < -0.4 is 24.0 Å². The van der Waals surface area contributed by atoms with Gasteiger partial charge in [-0.1, -0.05) is 35.9 Å². The fourth-order valence-corrected chi connectivity index (χ4v) is 7.85. The molecule has 0 bridgehead atoms. The molecule has 2 aromatic heterocycles. The number of aromatic nitrogens is 2. The van der Waals surface area contributed by atoms with Crippen molar-refractivity contribution >= 4 is 35.2 Å². The zero-order chi connectivity index (χ0) is 42.9. The Balaban J connectivity index is 1.36. The lowest BCUT2D eigenvalue weighted by atomic mass is 10.0. The topological polar surface area (TPSA) is 119 Å². The molecule has 2 aromatic carbocycles. The van der Waals surface area contributed by atoms with Crippen LogP contribution in [-0.2, 0) is 28.7 Å². The maximum Gasteiger partial charge on any atom is 0.418 e. The summed E-state index contributed by atoms with van der Waals surface area (Å²) in [4.78, 5) is 44.1. The highest BCUT2D eigenvalue weighted by atomic mass is 35.5. The Morgan fingerprint density at radius 2 is 1.50 bits per heavy atom. The number of carbonyl (C=O) groups excluding carboxylic acids is 2. The van der Waals surface area contributed by atoms with Gasteiger partial charge in [0.15, 0.2) is 5.75 Å². The van der Waals surface area contributed by atoms with Gasteiger partial charge in [0, 0.05) is 45.8 Å². The van der Waals surface area contributed by atoms with Crippen molar-refractivity contribution in [1.29, 1.82) is 0 Å². The Hall–Kier alpha value is -5.48. The number of hydrogen-bond acceptors (Lipinski definition) is 11. The molecule has 0 unspecified atom stereocenters. The first-order chi connectivity index (χ1) is 28.5. The average Bonchev–Trinajstić information content (AvgIpc) is 3.36. The quantitative estimate of drug-likeness (QED) is 0.165. The molecule has 3 aliphatic rings. The molecule has 5 heterocycles. The van der Waals surface area contributed by atoms with E-state index in [-0.39, 0.29) is 78.6 Å². The summed E-state index contributed by atoms with van der Waals surface area (Å²) in [6, 6.07) is 15.6. The summed E-state index contributed by atoms with van der Waals surface area (Å²) in [5.41, 5.74) is -0.911. The number of nitrogens with zero attached hydrogens (tertiary/aromatic N) is 6. The van der Waals surface area contributed by atoms with Gasteiger partial charge in [0.2, 0.25) is 0 Å². The van der Waals surface area contributed by atoms with Crippen LogP contribution in [0.4, 0.5) is 29.6 Å². The van der Waals surface area contributed by atoms with Crippen LogP contribution in [0.25, 0.3) is 11.4 Å². The van der Waals surface area contributed by atoms with E-state index in [1.54, 1.807) is 44.8 Å². The van der Waals surface area contributed by atoms with Gasteiger partial charge in [-0.05, 0) is 74.7 Å². The average molecular weight is 853 g/mol. The van der Waals surface area contributed by atoms with Gasteiger partial charge in [0.25, 0.3) is 5.91 Å². The van der Waals surface area contributed by atoms with Gasteiger partial charge in [0.1, 0.15) is 57.3 Å². The maximum atomic E-state index is 15.3. The van der Waals surface area contributed by atoms with Crippen molar-refractivity contribution in [2.45, 2.75) is 58.6 Å². The van der Waals surface area contributed by atoms with E-state index < -0.39 is 41.1 Å². The molecule has 2 saturated heterocycles. The van der Waals surface area contributed by atoms with E-state index in [1.807, 2.05) is 53.4 Å². The molecule has 0 N–H and O–H groups in total. The highest BCUT2D eigenvalue weighted by Gasteiger charge is 2.44. The monoisotopic (exact) mass is 852 g/mol. The number of halogens is 4. The smallest absolute Gasteiger partial charge is 0.418 e. The molecule has 0 spiro atoms. The van der Waals surface area contributed by atoms with Crippen molar-refractivity contribution in [3.8, 4) is 28.6 Å². The summed E-state index contributed by atoms with van der Waals surface area (Å²) in [6.45, 7) is 8.81. The highest BCUT2D eigenvalue weighted by molar-refractivity contribution is 6.35. The van der Waals surface area contributed by atoms with E-state index >= 15 is 13.2 Å². The largest absolute Gasteiger partial charge is 0.497 e. The summed E-state index contributed by atoms with van der Waals surface area (Å²) in [7, 11) is 3.14. The van der Waals surface area contributed by atoms with E-state index in [0.717, 1.165) is 11.1 Å². The third-order valence-corrected chi connectivity index (χ3v) is 10.9. The van der Waals surface area contributed by atoms with Crippen LogP contribution in [0, 0.1) is 6.92 Å². The van der Waals surface area contributed by atoms with Gasteiger partial charge in [-0.15, -0.1) is 0 Å². The summed E-state index contributed by atoms with van der Waals surface area (Å²) < 4.78 is 74.2. The van der Waals surface area contributed by atoms with Crippen molar-refractivity contribution < 1.29 is 46.4 Å². The second-order valence-electron chi connectivity index (χ2n) is 15.9. The minimum Gasteiger partial charge on any atom is -0.497 e.